The Bertz CT molecular complexity index is 407. The molecule has 0 aromatic carbocycles. The summed E-state index contributed by atoms with van der Waals surface area (Å²) in [5.74, 6) is -0.664. The van der Waals surface area contributed by atoms with Crippen molar-refractivity contribution < 1.29 is 23.8 Å². The molecule has 0 aliphatic heterocycles. The maximum absolute atomic E-state index is 11.2. The lowest BCUT2D eigenvalue weighted by molar-refractivity contribution is -0.134. The van der Waals surface area contributed by atoms with Gasteiger partial charge in [-0.3, -0.25) is 0 Å². The molecule has 1 aromatic rings. The van der Waals surface area contributed by atoms with Gasteiger partial charge in [-0.05, 0) is 11.4 Å². The van der Waals surface area contributed by atoms with E-state index in [4.69, 9.17) is 4.74 Å². The van der Waals surface area contributed by atoms with Crippen LogP contribution in [-0.2, 0) is 14.3 Å². The van der Waals surface area contributed by atoms with Gasteiger partial charge in [0.25, 0.3) is 0 Å². The van der Waals surface area contributed by atoms with Crippen molar-refractivity contribution in [2.75, 3.05) is 14.2 Å². The first-order valence-corrected chi connectivity index (χ1v) is 5.14. The van der Waals surface area contributed by atoms with Gasteiger partial charge in [0, 0.05) is 0 Å². The maximum Gasteiger partial charge on any atom is 0.351 e. The third-order valence-corrected chi connectivity index (χ3v) is 2.48. The Morgan fingerprint density at radius 3 is 2.69 bits per heavy atom. The van der Waals surface area contributed by atoms with E-state index in [0.717, 1.165) is 12.3 Å². The van der Waals surface area contributed by atoms with Gasteiger partial charge in [-0.2, -0.15) is 0 Å². The van der Waals surface area contributed by atoms with Crippen LogP contribution < -0.4 is 4.74 Å². The summed E-state index contributed by atoms with van der Waals surface area (Å²) >= 11 is 1.20. The normalized spacial score (nSPS) is 10.1. The van der Waals surface area contributed by atoms with Crippen LogP contribution in [0.2, 0.25) is 0 Å². The van der Waals surface area contributed by atoms with Gasteiger partial charge in [-0.1, -0.05) is 0 Å². The highest BCUT2D eigenvalue weighted by molar-refractivity contribution is 7.12. The van der Waals surface area contributed by atoms with Gasteiger partial charge >= 0.3 is 11.9 Å². The van der Waals surface area contributed by atoms with Crippen LogP contribution in [0.3, 0.4) is 0 Å². The van der Waals surface area contributed by atoms with Crippen LogP contribution >= 0.6 is 11.3 Å². The molecule has 0 N–H and O–H groups in total. The van der Waals surface area contributed by atoms with E-state index < -0.39 is 11.9 Å². The average molecular weight is 242 g/mol. The Morgan fingerprint density at radius 2 is 2.06 bits per heavy atom. The van der Waals surface area contributed by atoms with E-state index in [-0.39, 0.29) is 0 Å². The minimum absolute atomic E-state index is 0.344. The fourth-order valence-electron chi connectivity index (χ4n) is 0.863. The van der Waals surface area contributed by atoms with Crippen molar-refractivity contribution in [3.63, 3.8) is 0 Å². The zero-order chi connectivity index (χ0) is 12.0. The molecule has 0 spiro atoms. The Balaban J connectivity index is 2.68. The fraction of sp³-hybridized carbons (Fsp3) is 0.200. The number of rotatable bonds is 4. The molecule has 1 heterocycles. The monoisotopic (exact) mass is 242 g/mol. The number of methoxy groups -OCH3 is 2. The number of thiophene rings is 1. The van der Waals surface area contributed by atoms with Gasteiger partial charge in [-0.25, -0.2) is 9.59 Å². The second kappa shape index (κ2) is 5.92. The first-order valence-electron chi connectivity index (χ1n) is 4.26. The summed E-state index contributed by atoms with van der Waals surface area (Å²) < 4.78 is 14.0. The van der Waals surface area contributed by atoms with Crippen molar-refractivity contribution >= 4 is 23.3 Å². The van der Waals surface area contributed by atoms with Crippen molar-refractivity contribution in [2.45, 2.75) is 0 Å². The molecule has 0 unspecified atom stereocenters. The SMILES string of the molecule is COC(=O)/C=C/Oc1ccsc1C(=O)OC. The molecule has 1 aromatic heterocycles. The van der Waals surface area contributed by atoms with E-state index in [2.05, 4.69) is 9.47 Å². The van der Waals surface area contributed by atoms with Crippen molar-refractivity contribution in [3.8, 4) is 5.75 Å². The molecule has 0 bridgehead atoms. The summed E-state index contributed by atoms with van der Waals surface area (Å²) in [4.78, 5) is 22.3. The zero-order valence-electron chi connectivity index (χ0n) is 8.76. The molecule has 16 heavy (non-hydrogen) atoms. The summed E-state index contributed by atoms with van der Waals surface area (Å²) in [6, 6.07) is 1.61. The molecule has 5 nitrogen and oxygen atoms in total. The van der Waals surface area contributed by atoms with Crippen LogP contribution in [0.1, 0.15) is 9.67 Å². The van der Waals surface area contributed by atoms with E-state index in [0.29, 0.717) is 10.6 Å². The van der Waals surface area contributed by atoms with E-state index in [1.807, 2.05) is 0 Å². The lowest BCUT2D eigenvalue weighted by Gasteiger charge is -2.00. The minimum Gasteiger partial charge on any atom is -0.466 e. The Kier molecular flexibility index (Phi) is 4.53. The van der Waals surface area contributed by atoms with E-state index in [1.165, 1.54) is 25.6 Å². The van der Waals surface area contributed by atoms with Gasteiger partial charge in [0.2, 0.25) is 0 Å². The lowest BCUT2D eigenvalue weighted by Crippen LogP contribution is -2.00. The quantitative estimate of drug-likeness (QED) is 0.456. The molecule has 0 aliphatic rings. The van der Waals surface area contributed by atoms with Crippen molar-refractivity contribution in [1.82, 2.24) is 0 Å². The van der Waals surface area contributed by atoms with Crippen LogP contribution in [0.25, 0.3) is 0 Å². The lowest BCUT2D eigenvalue weighted by atomic mass is 10.4. The predicted octanol–water partition coefficient (Wildman–Crippen LogP) is 1.60. The van der Waals surface area contributed by atoms with Crippen LogP contribution in [0.15, 0.2) is 23.8 Å². The third kappa shape index (κ3) is 3.09. The molecule has 1 rings (SSSR count). The predicted molar refractivity (Wildman–Crippen MR) is 57.4 cm³/mol. The zero-order valence-corrected chi connectivity index (χ0v) is 9.58. The number of carbonyl (C=O) groups is 2. The van der Waals surface area contributed by atoms with Gasteiger partial charge in [0.1, 0.15) is 0 Å². The second-order valence-electron chi connectivity index (χ2n) is 2.55. The summed E-state index contributed by atoms with van der Waals surface area (Å²) in [5, 5.41) is 1.69. The van der Waals surface area contributed by atoms with Crippen molar-refractivity contribution in [2.24, 2.45) is 0 Å². The van der Waals surface area contributed by atoms with Gasteiger partial charge in [0.05, 0.1) is 26.6 Å². The Morgan fingerprint density at radius 1 is 1.31 bits per heavy atom. The number of carbonyl (C=O) groups excluding carboxylic acids is 2. The Hall–Kier alpha value is -1.82. The molecule has 86 valence electrons. The smallest absolute Gasteiger partial charge is 0.351 e. The van der Waals surface area contributed by atoms with Crippen LogP contribution in [0.5, 0.6) is 5.75 Å². The molecule has 0 saturated carbocycles. The van der Waals surface area contributed by atoms with Crippen molar-refractivity contribution in [1.29, 1.82) is 0 Å². The molecule has 0 radical (unpaired) electrons. The largest absolute Gasteiger partial charge is 0.466 e. The molecule has 0 fully saturated rings. The first kappa shape index (κ1) is 12.3. The topological polar surface area (TPSA) is 61.8 Å². The number of esters is 2. The van der Waals surface area contributed by atoms with Gasteiger partial charge in [-0.15, -0.1) is 11.3 Å². The summed E-state index contributed by atoms with van der Waals surface area (Å²) in [7, 11) is 2.55. The molecule has 0 amide bonds. The molecule has 6 heteroatoms. The standard InChI is InChI=1S/C10H10O5S/c1-13-8(11)3-5-15-7-4-6-16-9(7)10(12)14-2/h3-6H,1-2H3/b5-3+. The summed E-state index contributed by atoms with van der Waals surface area (Å²) in [6.45, 7) is 0. The summed E-state index contributed by atoms with van der Waals surface area (Å²) in [5.41, 5.74) is 0. The number of hydrogen-bond acceptors (Lipinski definition) is 6. The van der Waals surface area contributed by atoms with Crippen LogP contribution in [0, 0.1) is 0 Å². The highest BCUT2D eigenvalue weighted by Crippen LogP contribution is 2.25. The van der Waals surface area contributed by atoms with E-state index in [9.17, 15) is 9.59 Å². The van der Waals surface area contributed by atoms with E-state index >= 15 is 0 Å². The van der Waals surface area contributed by atoms with E-state index in [1.54, 1.807) is 11.4 Å². The highest BCUT2D eigenvalue weighted by atomic mass is 32.1. The van der Waals surface area contributed by atoms with Gasteiger partial charge in [0.15, 0.2) is 10.6 Å². The first-order chi connectivity index (χ1) is 7.69. The molecular formula is C10H10O5S. The van der Waals surface area contributed by atoms with Gasteiger partial charge < -0.3 is 14.2 Å². The Labute approximate surface area is 96.2 Å². The molecule has 0 aliphatic carbocycles. The van der Waals surface area contributed by atoms with Crippen LogP contribution in [0.4, 0.5) is 0 Å². The number of hydrogen-bond donors (Lipinski definition) is 0. The van der Waals surface area contributed by atoms with Crippen molar-refractivity contribution in [3.05, 3.63) is 28.7 Å². The maximum atomic E-state index is 11.2. The number of ether oxygens (including phenoxy) is 3. The highest BCUT2D eigenvalue weighted by Gasteiger charge is 2.13. The van der Waals surface area contributed by atoms with Crippen LogP contribution in [-0.4, -0.2) is 26.2 Å². The average Bonchev–Trinajstić information content (AvgIpc) is 2.76. The minimum atomic E-state index is -0.533. The molecular weight excluding hydrogens is 232 g/mol. The molecule has 0 atom stereocenters. The second-order valence-corrected chi connectivity index (χ2v) is 3.47. The molecule has 0 saturated heterocycles. The third-order valence-electron chi connectivity index (χ3n) is 1.60. The summed E-state index contributed by atoms with van der Waals surface area (Å²) in [6.07, 6.45) is 2.26. The fourth-order valence-corrected chi connectivity index (χ4v) is 1.60.